The highest BCUT2D eigenvalue weighted by Gasteiger charge is 2.48. The van der Waals surface area contributed by atoms with Crippen molar-refractivity contribution in [3.63, 3.8) is 0 Å². The fraction of sp³-hybridized carbons (Fsp3) is 0.385. The summed E-state index contributed by atoms with van der Waals surface area (Å²) in [6.45, 7) is 3.07. The Morgan fingerprint density at radius 2 is 1.81 bits per heavy atom. The molecule has 2 amide bonds. The Morgan fingerprint density at radius 1 is 1.03 bits per heavy atom. The first-order chi connectivity index (χ1) is 15.1. The molecule has 2 unspecified atom stereocenters. The van der Waals surface area contributed by atoms with Gasteiger partial charge in [0.15, 0.2) is 0 Å². The summed E-state index contributed by atoms with van der Waals surface area (Å²) in [6, 6.07) is 16.1. The maximum Gasteiger partial charge on any atom is 0.246 e. The molecule has 1 aliphatic carbocycles. The number of hydrogen-bond donors (Lipinski definition) is 1. The summed E-state index contributed by atoms with van der Waals surface area (Å²) in [5.41, 5.74) is 5.63. The minimum atomic E-state index is -0.428. The Bertz CT molecular complexity index is 1180. The number of piperazine rings is 1. The van der Waals surface area contributed by atoms with Gasteiger partial charge in [-0.1, -0.05) is 49.4 Å². The van der Waals surface area contributed by atoms with Crippen LogP contribution in [0.3, 0.4) is 0 Å². The minimum absolute atomic E-state index is 0.0547. The van der Waals surface area contributed by atoms with Crippen molar-refractivity contribution in [3.05, 3.63) is 70.9 Å². The highest BCUT2D eigenvalue weighted by molar-refractivity contribution is 5.97. The van der Waals surface area contributed by atoms with E-state index in [2.05, 4.69) is 48.3 Å². The largest absolute Gasteiger partial charge is 0.356 e. The fourth-order valence-electron chi connectivity index (χ4n) is 5.37. The molecule has 2 aromatic carbocycles. The summed E-state index contributed by atoms with van der Waals surface area (Å²) in [4.78, 5) is 34.3. The number of aromatic nitrogens is 1. The molecule has 5 heteroatoms. The van der Waals surface area contributed by atoms with Crippen LogP contribution in [0.15, 0.2) is 48.5 Å². The lowest BCUT2D eigenvalue weighted by Gasteiger charge is -2.47. The van der Waals surface area contributed by atoms with E-state index >= 15 is 0 Å². The zero-order chi connectivity index (χ0) is 21.1. The number of nitrogens with zero attached hydrogens (tertiary/aromatic N) is 2. The van der Waals surface area contributed by atoms with E-state index in [1.165, 1.54) is 24.0 Å². The number of aryl methyl sites for hydroxylation is 1. The van der Waals surface area contributed by atoms with Crippen molar-refractivity contribution >= 4 is 22.7 Å². The number of para-hydroxylation sites is 1. The van der Waals surface area contributed by atoms with Crippen molar-refractivity contribution < 1.29 is 9.59 Å². The second kappa shape index (κ2) is 6.98. The normalized spacial score (nSPS) is 23.3. The maximum atomic E-state index is 13.5. The van der Waals surface area contributed by atoms with Gasteiger partial charge in [-0.2, -0.15) is 0 Å². The van der Waals surface area contributed by atoms with Crippen LogP contribution < -0.4 is 0 Å². The number of amides is 2. The van der Waals surface area contributed by atoms with Crippen molar-refractivity contribution in [1.29, 1.82) is 0 Å². The smallest absolute Gasteiger partial charge is 0.246 e. The number of fused-ring (bicyclic) bond motifs is 4. The molecule has 0 radical (unpaired) electrons. The summed E-state index contributed by atoms with van der Waals surface area (Å²) < 4.78 is 0. The van der Waals surface area contributed by atoms with Crippen LogP contribution >= 0.6 is 0 Å². The zero-order valence-corrected chi connectivity index (χ0v) is 17.8. The molecule has 2 fully saturated rings. The van der Waals surface area contributed by atoms with Crippen LogP contribution in [-0.2, 0) is 22.4 Å². The van der Waals surface area contributed by atoms with Crippen molar-refractivity contribution in [1.82, 2.24) is 14.8 Å². The second-order valence-corrected chi connectivity index (χ2v) is 9.24. The van der Waals surface area contributed by atoms with Gasteiger partial charge in [-0.3, -0.25) is 9.59 Å². The van der Waals surface area contributed by atoms with Gasteiger partial charge in [0.05, 0.1) is 12.6 Å². The molecule has 1 saturated carbocycles. The SMILES string of the molecule is CCc1ccc(C2c3[nH]c4ccccc4c3CC3C(=O)N(CC4CC4)CC(=O)N32)cc1. The molecule has 0 spiro atoms. The van der Waals surface area contributed by atoms with Gasteiger partial charge >= 0.3 is 0 Å². The van der Waals surface area contributed by atoms with Gasteiger partial charge in [0.2, 0.25) is 11.8 Å². The Labute approximate surface area is 182 Å². The lowest BCUT2D eigenvalue weighted by Crippen LogP contribution is -2.63. The van der Waals surface area contributed by atoms with Crippen molar-refractivity contribution in [2.24, 2.45) is 5.92 Å². The van der Waals surface area contributed by atoms with Crippen LogP contribution in [0, 0.1) is 5.92 Å². The number of rotatable bonds is 4. The van der Waals surface area contributed by atoms with E-state index in [1.54, 1.807) is 0 Å². The van der Waals surface area contributed by atoms with E-state index < -0.39 is 6.04 Å². The van der Waals surface area contributed by atoms with E-state index in [-0.39, 0.29) is 24.4 Å². The molecule has 158 valence electrons. The predicted octanol–water partition coefficient (Wildman–Crippen LogP) is 3.83. The van der Waals surface area contributed by atoms with Gasteiger partial charge in [-0.05, 0) is 47.9 Å². The van der Waals surface area contributed by atoms with E-state index in [0.717, 1.165) is 35.1 Å². The van der Waals surface area contributed by atoms with Crippen LogP contribution in [0.5, 0.6) is 0 Å². The number of hydrogen-bond acceptors (Lipinski definition) is 2. The Hall–Kier alpha value is -3.08. The third-order valence-corrected chi connectivity index (χ3v) is 7.22. The molecule has 2 atom stereocenters. The minimum Gasteiger partial charge on any atom is -0.356 e. The van der Waals surface area contributed by atoms with Gasteiger partial charge in [0.1, 0.15) is 6.04 Å². The number of benzene rings is 2. The Kier molecular flexibility index (Phi) is 4.20. The van der Waals surface area contributed by atoms with Gasteiger partial charge in [0, 0.05) is 29.6 Å². The number of H-pyrrole nitrogens is 1. The molecular formula is C26H27N3O2. The Balaban J connectivity index is 1.49. The van der Waals surface area contributed by atoms with Crippen LogP contribution in [0.1, 0.15) is 48.2 Å². The molecular weight excluding hydrogens is 386 g/mol. The van der Waals surface area contributed by atoms with Gasteiger partial charge in [-0.25, -0.2) is 0 Å². The van der Waals surface area contributed by atoms with Crippen LogP contribution in [0.4, 0.5) is 0 Å². The van der Waals surface area contributed by atoms with Crippen LogP contribution in [-0.4, -0.2) is 45.7 Å². The average molecular weight is 414 g/mol. The zero-order valence-electron chi connectivity index (χ0n) is 17.8. The molecule has 3 heterocycles. The second-order valence-electron chi connectivity index (χ2n) is 9.24. The summed E-state index contributed by atoms with van der Waals surface area (Å²) in [5.74, 6) is 0.740. The van der Waals surface area contributed by atoms with Crippen LogP contribution in [0.2, 0.25) is 0 Å². The van der Waals surface area contributed by atoms with Crippen molar-refractivity contribution in [2.45, 2.75) is 44.7 Å². The number of nitrogens with one attached hydrogen (secondary N) is 1. The lowest BCUT2D eigenvalue weighted by molar-refractivity contribution is -0.158. The maximum absolute atomic E-state index is 13.5. The predicted molar refractivity (Wildman–Crippen MR) is 120 cm³/mol. The molecule has 1 aromatic heterocycles. The summed E-state index contributed by atoms with van der Waals surface area (Å²) in [7, 11) is 0. The summed E-state index contributed by atoms with van der Waals surface area (Å²) in [5, 5.41) is 1.16. The molecule has 31 heavy (non-hydrogen) atoms. The summed E-state index contributed by atoms with van der Waals surface area (Å²) >= 11 is 0. The molecule has 1 saturated heterocycles. The lowest BCUT2D eigenvalue weighted by atomic mass is 9.86. The molecule has 3 aromatic rings. The quantitative estimate of drug-likeness (QED) is 0.707. The molecule has 5 nitrogen and oxygen atoms in total. The van der Waals surface area contributed by atoms with Gasteiger partial charge in [-0.15, -0.1) is 0 Å². The number of carbonyl (C=O) groups is 2. The first-order valence-corrected chi connectivity index (χ1v) is 11.4. The topological polar surface area (TPSA) is 56.4 Å². The van der Waals surface area contributed by atoms with Crippen molar-refractivity contribution in [2.75, 3.05) is 13.1 Å². The highest BCUT2D eigenvalue weighted by atomic mass is 16.2. The first kappa shape index (κ1) is 18.7. The van der Waals surface area contributed by atoms with Gasteiger partial charge in [0.25, 0.3) is 0 Å². The fourth-order valence-corrected chi connectivity index (χ4v) is 5.37. The van der Waals surface area contributed by atoms with Crippen LogP contribution in [0.25, 0.3) is 10.9 Å². The Morgan fingerprint density at radius 3 is 2.55 bits per heavy atom. The third-order valence-electron chi connectivity index (χ3n) is 7.22. The molecule has 6 rings (SSSR count). The third kappa shape index (κ3) is 2.98. The first-order valence-electron chi connectivity index (χ1n) is 11.4. The molecule has 0 bridgehead atoms. The average Bonchev–Trinajstić information content (AvgIpc) is 3.54. The van der Waals surface area contributed by atoms with E-state index in [4.69, 9.17) is 0 Å². The number of carbonyl (C=O) groups excluding carboxylic acids is 2. The van der Waals surface area contributed by atoms with Crippen molar-refractivity contribution in [3.8, 4) is 0 Å². The standard InChI is InChI=1S/C26H27N3O2/c1-2-16-9-11-18(12-10-16)25-24-20(19-5-3-4-6-21(19)27-24)13-22-26(31)28(14-17-7-8-17)15-23(30)29(22)25/h3-6,9-12,17,22,25,27H,2,7-8,13-15H2,1H3. The van der Waals surface area contributed by atoms with E-state index in [0.29, 0.717) is 12.3 Å². The number of aromatic amines is 1. The van der Waals surface area contributed by atoms with Gasteiger partial charge < -0.3 is 14.8 Å². The highest BCUT2D eigenvalue weighted by Crippen LogP contribution is 2.43. The van der Waals surface area contributed by atoms with E-state index in [9.17, 15) is 9.59 Å². The van der Waals surface area contributed by atoms with E-state index in [1.807, 2.05) is 21.9 Å². The molecule has 1 N–H and O–H groups in total. The molecule has 2 aliphatic heterocycles. The summed E-state index contributed by atoms with van der Waals surface area (Å²) in [6.07, 6.45) is 3.90. The monoisotopic (exact) mass is 413 g/mol. The molecule has 3 aliphatic rings.